The Kier molecular flexibility index (Phi) is 5.64. The van der Waals surface area contributed by atoms with Crippen molar-refractivity contribution in [2.75, 3.05) is 0 Å². The molecule has 0 fully saturated rings. The molecule has 0 spiro atoms. The van der Waals surface area contributed by atoms with E-state index in [0.717, 1.165) is 19.3 Å². The van der Waals surface area contributed by atoms with E-state index >= 15 is 0 Å². The third kappa shape index (κ3) is 3.85. The third-order valence-electron chi connectivity index (χ3n) is 1.72. The molecule has 2 N–H and O–H groups in total. The van der Waals surface area contributed by atoms with Crippen LogP contribution in [-0.4, -0.2) is 22.4 Å². The first-order valence-corrected chi connectivity index (χ1v) is 4.08. The Balaban J connectivity index is 3.31. The van der Waals surface area contributed by atoms with Gasteiger partial charge in [0, 0.05) is 0 Å². The second kappa shape index (κ2) is 5.69. The largest absolute Gasteiger partial charge is 0.390 e. The van der Waals surface area contributed by atoms with Crippen molar-refractivity contribution >= 4 is 0 Å². The van der Waals surface area contributed by atoms with Crippen LogP contribution < -0.4 is 0 Å². The van der Waals surface area contributed by atoms with Gasteiger partial charge in [0.15, 0.2) is 0 Å². The molecule has 0 bridgehead atoms. The highest BCUT2D eigenvalue weighted by atomic mass is 16.3. The number of hydrogen-bond donors (Lipinski definition) is 2. The quantitative estimate of drug-likeness (QED) is 0.614. The molecule has 2 unspecified atom stereocenters. The van der Waals surface area contributed by atoms with Crippen LogP contribution in [0.5, 0.6) is 0 Å². The van der Waals surface area contributed by atoms with Crippen molar-refractivity contribution in [3.8, 4) is 0 Å². The van der Waals surface area contributed by atoms with Crippen molar-refractivity contribution in [2.24, 2.45) is 0 Å². The molecule has 0 amide bonds. The van der Waals surface area contributed by atoms with Crippen molar-refractivity contribution in [3.05, 3.63) is 0 Å². The molecule has 0 rings (SSSR count). The number of unbranched alkanes of at least 4 members (excludes halogenated alkanes) is 1. The van der Waals surface area contributed by atoms with Crippen molar-refractivity contribution in [3.63, 3.8) is 0 Å². The maximum Gasteiger partial charge on any atom is 0.0799 e. The second-order valence-electron chi connectivity index (χ2n) is 2.69. The van der Waals surface area contributed by atoms with Crippen LogP contribution in [0.25, 0.3) is 0 Å². The zero-order valence-electron chi connectivity index (χ0n) is 6.88. The Hall–Kier alpha value is -0.0800. The fourth-order valence-corrected chi connectivity index (χ4v) is 0.878. The first-order chi connectivity index (χ1) is 4.72. The zero-order valence-corrected chi connectivity index (χ0v) is 6.88. The van der Waals surface area contributed by atoms with Gasteiger partial charge in [0.1, 0.15) is 0 Å². The van der Waals surface area contributed by atoms with Crippen LogP contribution in [0.15, 0.2) is 0 Å². The van der Waals surface area contributed by atoms with Crippen molar-refractivity contribution in [2.45, 2.75) is 51.7 Å². The van der Waals surface area contributed by atoms with Gasteiger partial charge in [-0.1, -0.05) is 26.7 Å². The van der Waals surface area contributed by atoms with Crippen LogP contribution in [0.4, 0.5) is 0 Å². The van der Waals surface area contributed by atoms with Crippen LogP contribution in [0, 0.1) is 0 Å². The van der Waals surface area contributed by atoms with Crippen LogP contribution in [0.3, 0.4) is 0 Å². The number of aliphatic hydroxyl groups is 2. The molecule has 0 aliphatic carbocycles. The predicted octanol–water partition coefficient (Wildman–Crippen LogP) is 1.31. The van der Waals surface area contributed by atoms with Gasteiger partial charge in [-0.3, -0.25) is 0 Å². The molecule has 0 aromatic heterocycles. The van der Waals surface area contributed by atoms with E-state index in [0.29, 0.717) is 6.42 Å². The van der Waals surface area contributed by atoms with E-state index in [1.807, 2.05) is 6.92 Å². The Bertz CT molecular complexity index is 73.7. The SMILES string of the molecule is CCCCC(O)C(O)CC. The molecule has 0 aliphatic heterocycles. The normalized spacial score (nSPS) is 16.8. The first kappa shape index (κ1) is 9.92. The maximum atomic E-state index is 9.20. The number of hydrogen-bond acceptors (Lipinski definition) is 2. The van der Waals surface area contributed by atoms with Crippen molar-refractivity contribution in [1.82, 2.24) is 0 Å². The average Bonchev–Trinajstić information content (AvgIpc) is 1.98. The van der Waals surface area contributed by atoms with Gasteiger partial charge < -0.3 is 10.2 Å². The number of aliphatic hydroxyl groups excluding tert-OH is 2. The van der Waals surface area contributed by atoms with Gasteiger partial charge in [-0.05, 0) is 12.8 Å². The Morgan fingerprint density at radius 1 is 1.10 bits per heavy atom. The van der Waals surface area contributed by atoms with Gasteiger partial charge in [-0.25, -0.2) is 0 Å². The topological polar surface area (TPSA) is 40.5 Å². The summed E-state index contributed by atoms with van der Waals surface area (Å²) in [4.78, 5) is 0. The fourth-order valence-electron chi connectivity index (χ4n) is 0.878. The highest BCUT2D eigenvalue weighted by Crippen LogP contribution is 2.06. The summed E-state index contributed by atoms with van der Waals surface area (Å²) in [6.07, 6.45) is 2.42. The Labute approximate surface area is 62.9 Å². The summed E-state index contributed by atoms with van der Waals surface area (Å²) in [6, 6.07) is 0. The minimum Gasteiger partial charge on any atom is -0.390 e. The van der Waals surface area contributed by atoms with E-state index in [-0.39, 0.29) is 0 Å². The second-order valence-corrected chi connectivity index (χ2v) is 2.69. The van der Waals surface area contributed by atoms with Crippen LogP contribution in [-0.2, 0) is 0 Å². The average molecular weight is 146 g/mol. The standard InChI is InChI=1S/C8H18O2/c1-3-5-6-8(10)7(9)4-2/h7-10H,3-6H2,1-2H3. The summed E-state index contributed by atoms with van der Waals surface area (Å²) in [5, 5.41) is 18.3. The minimum atomic E-state index is -0.522. The lowest BCUT2D eigenvalue weighted by Gasteiger charge is -2.14. The highest BCUT2D eigenvalue weighted by Gasteiger charge is 2.12. The first-order valence-electron chi connectivity index (χ1n) is 4.08. The molecule has 2 atom stereocenters. The summed E-state index contributed by atoms with van der Waals surface area (Å²) in [6.45, 7) is 3.95. The van der Waals surface area contributed by atoms with E-state index in [4.69, 9.17) is 5.11 Å². The minimum absolute atomic E-state index is 0.509. The summed E-state index contributed by atoms with van der Waals surface area (Å²) in [5.74, 6) is 0. The Morgan fingerprint density at radius 2 is 1.70 bits per heavy atom. The Morgan fingerprint density at radius 3 is 2.10 bits per heavy atom. The highest BCUT2D eigenvalue weighted by molar-refractivity contribution is 4.64. The molecule has 2 nitrogen and oxygen atoms in total. The van der Waals surface area contributed by atoms with Gasteiger partial charge in [-0.2, -0.15) is 0 Å². The van der Waals surface area contributed by atoms with Gasteiger partial charge in [0.25, 0.3) is 0 Å². The summed E-state index contributed by atoms with van der Waals surface area (Å²) in [5.41, 5.74) is 0. The molecule has 0 radical (unpaired) electrons. The molecule has 0 saturated heterocycles. The molecule has 2 heteroatoms. The molecule has 0 aromatic carbocycles. The maximum absolute atomic E-state index is 9.20. The lowest BCUT2D eigenvalue weighted by Crippen LogP contribution is -2.24. The van der Waals surface area contributed by atoms with Gasteiger partial charge in [0.05, 0.1) is 12.2 Å². The summed E-state index contributed by atoms with van der Waals surface area (Å²) in [7, 11) is 0. The molecular weight excluding hydrogens is 128 g/mol. The molecule has 10 heavy (non-hydrogen) atoms. The lowest BCUT2D eigenvalue weighted by atomic mass is 10.1. The number of rotatable bonds is 5. The van der Waals surface area contributed by atoms with Gasteiger partial charge in [-0.15, -0.1) is 0 Å². The van der Waals surface area contributed by atoms with E-state index in [9.17, 15) is 5.11 Å². The molecular formula is C8H18O2. The molecule has 0 saturated carbocycles. The van der Waals surface area contributed by atoms with E-state index in [1.165, 1.54) is 0 Å². The fraction of sp³-hybridized carbons (Fsp3) is 1.00. The lowest BCUT2D eigenvalue weighted by molar-refractivity contribution is 0.0116. The molecule has 0 aliphatic rings. The van der Waals surface area contributed by atoms with Gasteiger partial charge >= 0.3 is 0 Å². The summed E-state index contributed by atoms with van der Waals surface area (Å²) < 4.78 is 0. The van der Waals surface area contributed by atoms with E-state index in [2.05, 4.69) is 6.92 Å². The van der Waals surface area contributed by atoms with Crippen molar-refractivity contribution in [1.29, 1.82) is 0 Å². The molecule has 0 aromatic rings. The summed E-state index contributed by atoms with van der Waals surface area (Å²) >= 11 is 0. The monoisotopic (exact) mass is 146 g/mol. The zero-order chi connectivity index (χ0) is 7.98. The molecule has 62 valence electrons. The van der Waals surface area contributed by atoms with Crippen LogP contribution in [0.1, 0.15) is 39.5 Å². The van der Waals surface area contributed by atoms with Crippen LogP contribution >= 0.6 is 0 Å². The van der Waals surface area contributed by atoms with Crippen molar-refractivity contribution < 1.29 is 10.2 Å². The van der Waals surface area contributed by atoms with Crippen LogP contribution in [0.2, 0.25) is 0 Å². The smallest absolute Gasteiger partial charge is 0.0799 e. The van der Waals surface area contributed by atoms with E-state index in [1.54, 1.807) is 0 Å². The van der Waals surface area contributed by atoms with Gasteiger partial charge in [0.2, 0.25) is 0 Å². The molecule has 0 heterocycles. The predicted molar refractivity (Wildman–Crippen MR) is 41.8 cm³/mol. The third-order valence-corrected chi connectivity index (χ3v) is 1.72. The van der Waals surface area contributed by atoms with E-state index < -0.39 is 12.2 Å².